The van der Waals surface area contributed by atoms with Crippen LogP contribution in [-0.2, 0) is 14.3 Å². The molecule has 7 heteroatoms. The molecule has 2 atom stereocenters. The van der Waals surface area contributed by atoms with E-state index in [1.54, 1.807) is 11.8 Å². The molecule has 0 aromatic heterocycles. The SMILES string of the molecule is CC(C)[C@H](NC[C@@H](CSC(c1ccccc1)(c1ccccc1)c1ccccc1)NC(=O)OC(C)(C)C)C(=O)O. The quantitative estimate of drug-likeness (QED) is 0.230. The van der Waals surface area contributed by atoms with E-state index in [0.717, 1.165) is 16.7 Å². The second-order valence-electron chi connectivity index (χ2n) is 10.9. The van der Waals surface area contributed by atoms with Gasteiger partial charge in [0.15, 0.2) is 0 Å². The number of ether oxygens (including phenoxy) is 1. The van der Waals surface area contributed by atoms with Gasteiger partial charge < -0.3 is 20.5 Å². The summed E-state index contributed by atoms with van der Waals surface area (Å²) in [6, 6.07) is 29.8. The molecule has 208 valence electrons. The third-order valence-electron chi connectivity index (χ3n) is 6.28. The topological polar surface area (TPSA) is 87.7 Å². The number of carboxylic acid groups (broad SMARTS) is 1. The van der Waals surface area contributed by atoms with Gasteiger partial charge in [0.05, 0.1) is 10.8 Å². The van der Waals surface area contributed by atoms with E-state index in [0.29, 0.717) is 5.75 Å². The largest absolute Gasteiger partial charge is 0.480 e. The summed E-state index contributed by atoms with van der Waals surface area (Å²) in [5.74, 6) is -0.537. The van der Waals surface area contributed by atoms with Crippen molar-refractivity contribution in [1.29, 1.82) is 0 Å². The molecule has 3 rings (SSSR count). The van der Waals surface area contributed by atoms with E-state index in [2.05, 4.69) is 47.0 Å². The molecule has 0 bridgehead atoms. The number of rotatable bonds is 12. The maximum absolute atomic E-state index is 12.8. The highest BCUT2D eigenvalue weighted by molar-refractivity contribution is 8.00. The Bertz CT molecular complexity index is 1080. The minimum atomic E-state index is -0.916. The van der Waals surface area contributed by atoms with Crippen molar-refractivity contribution in [2.24, 2.45) is 5.92 Å². The van der Waals surface area contributed by atoms with Gasteiger partial charge in [-0.25, -0.2) is 4.79 Å². The predicted octanol–water partition coefficient (Wildman–Crippen LogP) is 6.30. The zero-order valence-electron chi connectivity index (χ0n) is 23.4. The fourth-order valence-electron chi connectivity index (χ4n) is 4.50. The number of nitrogens with one attached hydrogen (secondary N) is 2. The number of carboxylic acids is 1. The Morgan fingerprint density at radius 1 is 0.821 bits per heavy atom. The van der Waals surface area contributed by atoms with Crippen molar-refractivity contribution in [3.8, 4) is 0 Å². The van der Waals surface area contributed by atoms with E-state index in [1.807, 2.05) is 89.2 Å². The highest BCUT2D eigenvalue weighted by Gasteiger charge is 2.38. The lowest BCUT2D eigenvalue weighted by molar-refractivity contribution is -0.140. The highest BCUT2D eigenvalue weighted by atomic mass is 32.2. The zero-order valence-corrected chi connectivity index (χ0v) is 24.2. The van der Waals surface area contributed by atoms with Crippen molar-refractivity contribution in [3.63, 3.8) is 0 Å². The zero-order chi connectivity index (χ0) is 28.5. The number of hydrogen-bond donors (Lipinski definition) is 3. The maximum Gasteiger partial charge on any atom is 0.407 e. The summed E-state index contributed by atoms with van der Waals surface area (Å²) < 4.78 is 4.98. The van der Waals surface area contributed by atoms with Crippen molar-refractivity contribution in [1.82, 2.24) is 10.6 Å². The molecule has 0 aliphatic rings. The van der Waals surface area contributed by atoms with E-state index in [9.17, 15) is 14.7 Å². The maximum atomic E-state index is 12.8. The molecule has 3 aromatic carbocycles. The highest BCUT2D eigenvalue weighted by Crippen LogP contribution is 2.48. The molecule has 3 N–H and O–H groups in total. The number of aliphatic carboxylic acids is 1. The first-order chi connectivity index (χ1) is 18.5. The van der Waals surface area contributed by atoms with Gasteiger partial charge in [0.25, 0.3) is 0 Å². The smallest absolute Gasteiger partial charge is 0.407 e. The molecule has 0 saturated carbocycles. The summed E-state index contributed by atoms with van der Waals surface area (Å²) in [5.41, 5.74) is 2.68. The van der Waals surface area contributed by atoms with E-state index in [4.69, 9.17) is 4.74 Å². The molecular formula is C32H40N2O4S. The van der Waals surface area contributed by atoms with Crippen molar-refractivity contribution in [2.45, 2.75) is 57.1 Å². The predicted molar refractivity (Wildman–Crippen MR) is 159 cm³/mol. The fourth-order valence-corrected chi connectivity index (χ4v) is 6.06. The molecule has 39 heavy (non-hydrogen) atoms. The first kappa shape index (κ1) is 30.3. The van der Waals surface area contributed by atoms with E-state index in [1.165, 1.54) is 0 Å². The first-order valence-corrected chi connectivity index (χ1v) is 14.3. The van der Waals surface area contributed by atoms with Gasteiger partial charge in [0.2, 0.25) is 0 Å². The van der Waals surface area contributed by atoms with Crippen LogP contribution in [0.1, 0.15) is 51.3 Å². The third kappa shape index (κ3) is 8.35. The Morgan fingerprint density at radius 3 is 1.62 bits per heavy atom. The minimum absolute atomic E-state index is 0.116. The number of carbonyl (C=O) groups is 2. The number of alkyl carbamates (subject to hydrolysis) is 1. The number of amides is 1. The third-order valence-corrected chi connectivity index (χ3v) is 7.99. The molecule has 0 spiro atoms. The molecule has 0 aliphatic carbocycles. The molecule has 0 saturated heterocycles. The molecule has 0 unspecified atom stereocenters. The molecular weight excluding hydrogens is 508 g/mol. The molecule has 6 nitrogen and oxygen atoms in total. The monoisotopic (exact) mass is 548 g/mol. The fraction of sp³-hybridized carbons (Fsp3) is 0.375. The van der Waals surface area contributed by atoms with Crippen LogP contribution in [0.4, 0.5) is 4.79 Å². The van der Waals surface area contributed by atoms with Crippen molar-refractivity contribution < 1.29 is 19.4 Å². The average molecular weight is 549 g/mol. The summed E-state index contributed by atoms with van der Waals surface area (Å²) >= 11 is 1.71. The van der Waals surface area contributed by atoms with Crippen LogP contribution in [0.15, 0.2) is 91.0 Å². The van der Waals surface area contributed by atoms with Gasteiger partial charge in [0.1, 0.15) is 11.6 Å². The van der Waals surface area contributed by atoms with E-state index >= 15 is 0 Å². The van der Waals surface area contributed by atoms with Crippen LogP contribution in [0.2, 0.25) is 0 Å². The van der Waals surface area contributed by atoms with E-state index < -0.39 is 34.5 Å². The molecule has 0 fully saturated rings. The summed E-state index contributed by atoms with van der Waals surface area (Å²) in [5, 5.41) is 15.9. The first-order valence-electron chi connectivity index (χ1n) is 13.3. The Hall–Kier alpha value is -3.29. The standard InChI is InChI=1S/C32H40N2O4S/c1-23(2)28(29(35)36)33-21-27(34-30(37)38-31(3,4)5)22-39-32(24-15-9-6-10-16-24,25-17-11-7-12-18-25)26-19-13-8-14-20-26/h6-20,23,27-28,33H,21-22H2,1-5H3,(H,34,37)(H,35,36)/t27-,28-/m0/s1. The van der Waals surface area contributed by atoms with Crippen LogP contribution >= 0.6 is 11.8 Å². The summed E-state index contributed by atoms with van der Waals surface area (Å²) in [4.78, 5) is 24.7. The van der Waals surface area contributed by atoms with Gasteiger partial charge >= 0.3 is 12.1 Å². The van der Waals surface area contributed by atoms with Crippen molar-refractivity contribution in [3.05, 3.63) is 108 Å². The van der Waals surface area contributed by atoms with Crippen LogP contribution in [-0.4, -0.2) is 47.2 Å². The number of carbonyl (C=O) groups excluding carboxylic acids is 1. The second-order valence-corrected chi connectivity index (χ2v) is 12.1. The van der Waals surface area contributed by atoms with Gasteiger partial charge in [-0.2, -0.15) is 0 Å². The molecule has 0 radical (unpaired) electrons. The van der Waals surface area contributed by atoms with Crippen LogP contribution in [0, 0.1) is 5.92 Å². The number of benzene rings is 3. The van der Waals surface area contributed by atoms with Crippen molar-refractivity contribution in [2.75, 3.05) is 12.3 Å². The Morgan fingerprint density at radius 2 is 1.26 bits per heavy atom. The van der Waals surface area contributed by atoms with Crippen LogP contribution in [0.3, 0.4) is 0 Å². The summed E-state index contributed by atoms with van der Waals surface area (Å²) in [6.07, 6.45) is -0.531. The van der Waals surface area contributed by atoms with Crippen LogP contribution < -0.4 is 10.6 Å². The van der Waals surface area contributed by atoms with Crippen LogP contribution in [0.5, 0.6) is 0 Å². The van der Waals surface area contributed by atoms with Gasteiger partial charge in [-0.3, -0.25) is 4.79 Å². The second kappa shape index (κ2) is 13.7. The minimum Gasteiger partial charge on any atom is -0.480 e. The lowest BCUT2D eigenvalue weighted by Crippen LogP contribution is -2.51. The molecule has 1 amide bonds. The summed E-state index contributed by atoms with van der Waals surface area (Å²) in [6.45, 7) is 9.46. The number of thioether (sulfide) groups is 1. The van der Waals surface area contributed by atoms with Crippen LogP contribution in [0.25, 0.3) is 0 Å². The Labute approximate surface area is 236 Å². The number of hydrogen-bond acceptors (Lipinski definition) is 5. The van der Waals surface area contributed by atoms with Gasteiger partial charge in [0, 0.05) is 12.3 Å². The van der Waals surface area contributed by atoms with Gasteiger partial charge in [-0.1, -0.05) is 105 Å². The van der Waals surface area contributed by atoms with Gasteiger partial charge in [-0.05, 0) is 43.4 Å². The Balaban J connectivity index is 2.01. The average Bonchev–Trinajstić information content (AvgIpc) is 2.89. The Kier molecular flexibility index (Phi) is 10.6. The van der Waals surface area contributed by atoms with E-state index in [-0.39, 0.29) is 12.5 Å². The lowest BCUT2D eigenvalue weighted by Gasteiger charge is -2.37. The molecule has 0 heterocycles. The lowest BCUT2D eigenvalue weighted by atomic mass is 9.84. The molecule has 0 aliphatic heterocycles. The molecule has 3 aromatic rings. The van der Waals surface area contributed by atoms with Gasteiger partial charge in [-0.15, -0.1) is 11.8 Å². The summed E-state index contributed by atoms with van der Waals surface area (Å²) in [7, 11) is 0. The normalized spacial score (nSPS) is 13.5. The van der Waals surface area contributed by atoms with Crippen molar-refractivity contribution >= 4 is 23.8 Å².